The van der Waals surface area contributed by atoms with Crippen molar-refractivity contribution in [1.82, 2.24) is 4.90 Å². The molecule has 2 bridgehead atoms. The number of esters is 1. The van der Waals surface area contributed by atoms with Gasteiger partial charge in [-0.25, -0.2) is 0 Å². The molecule has 8 nitrogen and oxygen atoms in total. The number of fused-ring (bicyclic) bond motifs is 1. The third-order valence-corrected chi connectivity index (χ3v) is 9.16. The Morgan fingerprint density at radius 2 is 1.95 bits per heavy atom. The first-order valence-corrected chi connectivity index (χ1v) is 14.2. The quantitative estimate of drug-likeness (QED) is 0.358. The van der Waals surface area contributed by atoms with Gasteiger partial charge in [0.25, 0.3) is 5.91 Å². The SMILES string of the molecule is C=CCN(C(=O)C1N([C@@H](CO)CC(C)C)C(=O)[C@@H]2[C@@H](C(=O)OCC)[C@]3(C)OC12CC3C)c1c(C)cccc1C. The normalized spacial score (nSPS) is 31.9. The molecule has 3 aliphatic heterocycles. The second kappa shape index (κ2) is 10.7. The highest BCUT2D eigenvalue weighted by atomic mass is 16.6. The second-order valence-electron chi connectivity index (χ2n) is 12.1. The highest BCUT2D eigenvalue weighted by molar-refractivity contribution is 6.05. The van der Waals surface area contributed by atoms with E-state index in [0.717, 1.165) is 16.8 Å². The summed E-state index contributed by atoms with van der Waals surface area (Å²) in [6.07, 6.45) is 2.64. The van der Waals surface area contributed by atoms with E-state index < -0.39 is 41.1 Å². The number of aryl methyl sites for hydroxylation is 2. The molecule has 4 rings (SSSR count). The van der Waals surface area contributed by atoms with Gasteiger partial charge in [0.2, 0.25) is 5.91 Å². The zero-order chi connectivity index (χ0) is 28.9. The van der Waals surface area contributed by atoms with E-state index in [4.69, 9.17) is 9.47 Å². The molecular formula is C31H44N2O6. The number of nitrogens with zero attached hydrogens (tertiary/aromatic N) is 2. The maximum Gasteiger partial charge on any atom is 0.312 e. The number of amides is 2. The number of para-hydroxylation sites is 1. The van der Waals surface area contributed by atoms with Crippen LogP contribution in [0.2, 0.25) is 0 Å². The minimum Gasteiger partial charge on any atom is -0.466 e. The average Bonchev–Trinajstić information content (AvgIpc) is 3.38. The number of hydrogen-bond acceptors (Lipinski definition) is 6. The molecule has 3 heterocycles. The Bertz CT molecular complexity index is 1130. The summed E-state index contributed by atoms with van der Waals surface area (Å²) in [7, 11) is 0. The van der Waals surface area contributed by atoms with Gasteiger partial charge < -0.3 is 24.4 Å². The van der Waals surface area contributed by atoms with Crippen molar-refractivity contribution >= 4 is 23.5 Å². The molecule has 2 amide bonds. The molecule has 3 saturated heterocycles. The van der Waals surface area contributed by atoms with Gasteiger partial charge in [0, 0.05) is 12.2 Å². The fraction of sp³-hybridized carbons (Fsp3) is 0.645. The van der Waals surface area contributed by atoms with E-state index in [1.807, 2.05) is 59.7 Å². The number of aliphatic hydroxyl groups excluding tert-OH is 1. The van der Waals surface area contributed by atoms with Gasteiger partial charge >= 0.3 is 5.97 Å². The Morgan fingerprint density at radius 1 is 1.31 bits per heavy atom. The topological polar surface area (TPSA) is 96.4 Å². The summed E-state index contributed by atoms with van der Waals surface area (Å²) in [5.41, 5.74) is 0.481. The van der Waals surface area contributed by atoms with Crippen LogP contribution in [0.3, 0.4) is 0 Å². The summed E-state index contributed by atoms with van der Waals surface area (Å²) in [5.74, 6) is -2.69. The van der Waals surface area contributed by atoms with E-state index >= 15 is 0 Å². The summed E-state index contributed by atoms with van der Waals surface area (Å²) in [4.78, 5) is 45.9. The second-order valence-corrected chi connectivity index (χ2v) is 12.1. The minimum absolute atomic E-state index is 0.0862. The third-order valence-electron chi connectivity index (χ3n) is 9.16. The van der Waals surface area contributed by atoms with E-state index in [0.29, 0.717) is 12.8 Å². The Balaban J connectivity index is 1.92. The number of benzene rings is 1. The van der Waals surface area contributed by atoms with Crippen LogP contribution in [0.5, 0.6) is 0 Å². The van der Waals surface area contributed by atoms with Gasteiger partial charge in [-0.05, 0) is 63.5 Å². The Hall–Kier alpha value is -2.71. The van der Waals surface area contributed by atoms with Gasteiger partial charge in [-0.15, -0.1) is 6.58 Å². The number of anilines is 1. The molecule has 1 aromatic rings. The van der Waals surface area contributed by atoms with Crippen LogP contribution < -0.4 is 4.90 Å². The van der Waals surface area contributed by atoms with Crippen LogP contribution in [0.4, 0.5) is 5.69 Å². The molecule has 3 unspecified atom stereocenters. The van der Waals surface area contributed by atoms with Gasteiger partial charge in [0.15, 0.2) is 0 Å². The van der Waals surface area contributed by atoms with Crippen LogP contribution in [0.15, 0.2) is 30.9 Å². The van der Waals surface area contributed by atoms with Crippen LogP contribution >= 0.6 is 0 Å². The molecule has 8 heteroatoms. The molecule has 1 N–H and O–H groups in total. The molecule has 0 aromatic heterocycles. The summed E-state index contributed by atoms with van der Waals surface area (Å²) in [6.45, 7) is 17.6. The van der Waals surface area contributed by atoms with Crippen molar-refractivity contribution in [2.75, 3.05) is 24.7 Å². The number of aliphatic hydroxyl groups is 1. The van der Waals surface area contributed by atoms with Crippen LogP contribution in [0.1, 0.15) is 58.6 Å². The molecule has 3 fully saturated rings. The molecule has 39 heavy (non-hydrogen) atoms. The Morgan fingerprint density at radius 3 is 2.49 bits per heavy atom. The highest BCUT2D eigenvalue weighted by Gasteiger charge is 2.80. The van der Waals surface area contributed by atoms with E-state index in [1.165, 1.54) is 0 Å². The van der Waals surface area contributed by atoms with Gasteiger partial charge in [-0.1, -0.05) is 45.0 Å². The fourth-order valence-electron chi connectivity index (χ4n) is 7.56. The van der Waals surface area contributed by atoms with Crippen LogP contribution in [-0.2, 0) is 23.9 Å². The Labute approximate surface area is 232 Å². The molecule has 1 aromatic carbocycles. The van der Waals surface area contributed by atoms with Crippen molar-refractivity contribution in [1.29, 1.82) is 0 Å². The molecule has 7 atom stereocenters. The van der Waals surface area contributed by atoms with Crippen LogP contribution in [-0.4, -0.2) is 70.8 Å². The third kappa shape index (κ3) is 4.40. The molecule has 0 aliphatic carbocycles. The maximum absolute atomic E-state index is 14.8. The lowest BCUT2D eigenvalue weighted by Crippen LogP contribution is -2.59. The predicted molar refractivity (Wildman–Crippen MR) is 149 cm³/mol. The number of likely N-dealkylation sites (tertiary alicyclic amines) is 1. The molecule has 1 spiro atoms. The summed E-state index contributed by atoms with van der Waals surface area (Å²) >= 11 is 0. The molecule has 0 radical (unpaired) electrons. The number of ether oxygens (including phenoxy) is 2. The standard InChI is InChI=1S/C31H44N2O6/c1-9-14-32(25-19(5)12-11-13-20(25)6)28(36)26-31-16-21(7)30(8,39-31)24(29(37)38-10-2)23(31)27(35)33(26)22(17-34)15-18(3)4/h9,11-13,18,21-24,26,34H,1,10,14-17H2,2-8H3/t21?,22-,23+,24+,26?,30-,31?/m1/s1. The van der Waals surface area contributed by atoms with Crippen molar-refractivity contribution in [3.05, 3.63) is 42.0 Å². The average molecular weight is 541 g/mol. The lowest BCUT2D eigenvalue weighted by molar-refractivity contribution is -0.162. The Kier molecular flexibility index (Phi) is 8.03. The van der Waals surface area contributed by atoms with E-state index in [2.05, 4.69) is 6.58 Å². The zero-order valence-corrected chi connectivity index (χ0v) is 24.4. The number of rotatable bonds is 10. The molecule has 0 saturated carbocycles. The van der Waals surface area contributed by atoms with Gasteiger partial charge in [-0.2, -0.15) is 0 Å². The van der Waals surface area contributed by atoms with Gasteiger partial charge in [0.05, 0.1) is 30.8 Å². The van der Waals surface area contributed by atoms with Crippen molar-refractivity contribution in [2.45, 2.75) is 84.6 Å². The van der Waals surface area contributed by atoms with Crippen LogP contribution in [0.25, 0.3) is 0 Å². The van der Waals surface area contributed by atoms with E-state index in [9.17, 15) is 19.5 Å². The van der Waals surface area contributed by atoms with Crippen molar-refractivity contribution in [3.63, 3.8) is 0 Å². The zero-order valence-electron chi connectivity index (χ0n) is 24.4. The smallest absolute Gasteiger partial charge is 0.312 e. The van der Waals surface area contributed by atoms with E-state index in [1.54, 1.807) is 22.8 Å². The largest absolute Gasteiger partial charge is 0.466 e. The highest BCUT2D eigenvalue weighted by Crippen LogP contribution is 2.66. The number of carbonyl (C=O) groups is 3. The van der Waals surface area contributed by atoms with Crippen molar-refractivity contribution in [2.24, 2.45) is 23.7 Å². The van der Waals surface area contributed by atoms with Crippen LogP contribution in [0, 0.1) is 37.5 Å². The predicted octanol–water partition coefficient (Wildman–Crippen LogP) is 3.80. The summed E-state index contributed by atoms with van der Waals surface area (Å²) in [6, 6.07) is 4.26. The first-order chi connectivity index (χ1) is 18.4. The monoisotopic (exact) mass is 540 g/mol. The number of carbonyl (C=O) groups excluding carboxylic acids is 3. The maximum atomic E-state index is 14.8. The van der Waals surface area contributed by atoms with Gasteiger partial charge in [-0.3, -0.25) is 14.4 Å². The first kappa shape index (κ1) is 29.3. The molecule has 214 valence electrons. The molecule has 3 aliphatic rings. The molecular weight excluding hydrogens is 496 g/mol. The van der Waals surface area contributed by atoms with Crippen molar-refractivity contribution in [3.8, 4) is 0 Å². The summed E-state index contributed by atoms with van der Waals surface area (Å²) < 4.78 is 12.3. The minimum atomic E-state index is -1.21. The number of hydrogen-bond donors (Lipinski definition) is 1. The fourth-order valence-corrected chi connectivity index (χ4v) is 7.56. The van der Waals surface area contributed by atoms with E-state index in [-0.39, 0.29) is 43.4 Å². The van der Waals surface area contributed by atoms with Gasteiger partial charge in [0.1, 0.15) is 17.6 Å². The first-order valence-electron chi connectivity index (χ1n) is 14.2. The lowest BCUT2D eigenvalue weighted by atomic mass is 9.62. The lowest BCUT2D eigenvalue weighted by Gasteiger charge is -2.40. The summed E-state index contributed by atoms with van der Waals surface area (Å²) in [5, 5.41) is 10.5. The van der Waals surface area contributed by atoms with Crippen molar-refractivity contribution < 1.29 is 29.0 Å².